The molecule has 11 nitrogen and oxygen atoms in total. The lowest BCUT2D eigenvalue weighted by molar-refractivity contribution is -0.158. The van der Waals surface area contributed by atoms with Gasteiger partial charge in [0.25, 0.3) is 0 Å². The van der Waals surface area contributed by atoms with Crippen LogP contribution in [0, 0.1) is 0 Å². The molecule has 1 unspecified atom stereocenters. The predicted molar refractivity (Wildman–Crippen MR) is 167 cm³/mol. The van der Waals surface area contributed by atoms with Crippen molar-refractivity contribution in [3.63, 3.8) is 0 Å². The number of ether oxygens (including phenoxy) is 3. The van der Waals surface area contributed by atoms with Crippen LogP contribution in [-0.4, -0.2) is 143 Å². The van der Waals surface area contributed by atoms with E-state index < -0.39 is 27.6 Å². The van der Waals surface area contributed by atoms with Crippen molar-refractivity contribution in [2.24, 2.45) is 0 Å². The first-order chi connectivity index (χ1) is 19.2. The molecule has 0 aliphatic carbocycles. The Morgan fingerprint density at radius 3 is 1.10 bits per heavy atom. The van der Waals surface area contributed by atoms with Crippen molar-refractivity contribution in [3.8, 4) is 0 Å². The summed E-state index contributed by atoms with van der Waals surface area (Å²) in [5.41, 5.74) is -1.79. The number of rotatable bonds is 10. The van der Waals surface area contributed by atoms with Crippen molar-refractivity contribution in [2.75, 3.05) is 84.3 Å². The summed E-state index contributed by atoms with van der Waals surface area (Å²) in [7, 11) is -1.13. The molecular formula is C30H56N4O7S. The Bertz CT molecular complexity index is 863. The van der Waals surface area contributed by atoms with Gasteiger partial charge in [-0.3, -0.25) is 38.2 Å². The molecule has 0 radical (unpaired) electrons. The van der Waals surface area contributed by atoms with Crippen molar-refractivity contribution in [3.05, 3.63) is 12.0 Å². The molecule has 1 aliphatic rings. The van der Waals surface area contributed by atoms with Crippen LogP contribution in [-0.2, 0) is 39.4 Å². The van der Waals surface area contributed by atoms with Crippen LogP contribution in [0.2, 0.25) is 0 Å². The molecule has 0 amide bonds. The largest absolute Gasteiger partial charge is 0.459 e. The first kappa shape index (κ1) is 38.2. The van der Waals surface area contributed by atoms with Crippen LogP contribution >= 0.6 is 0 Å². The molecule has 1 rings (SSSR count). The minimum atomic E-state index is -1.13. The van der Waals surface area contributed by atoms with Gasteiger partial charge in [0.05, 0.1) is 19.6 Å². The van der Waals surface area contributed by atoms with E-state index in [1.165, 1.54) is 5.41 Å². The van der Waals surface area contributed by atoms with Gasteiger partial charge in [-0.1, -0.05) is 6.58 Å². The van der Waals surface area contributed by atoms with Crippen LogP contribution in [0.15, 0.2) is 12.0 Å². The smallest absolute Gasteiger partial charge is 0.320 e. The summed E-state index contributed by atoms with van der Waals surface area (Å²) >= 11 is 0. The molecule has 1 saturated heterocycles. The van der Waals surface area contributed by atoms with Gasteiger partial charge in [-0.05, 0) is 67.7 Å². The van der Waals surface area contributed by atoms with Gasteiger partial charge in [-0.2, -0.15) is 0 Å². The highest BCUT2D eigenvalue weighted by atomic mass is 32.2. The van der Waals surface area contributed by atoms with Gasteiger partial charge in [-0.25, -0.2) is 0 Å². The van der Waals surface area contributed by atoms with Gasteiger partial charge in [0.1, 0.15) is 16.8 Å². The standard InChI is InChI=1S/C30H56N4O7S/c1-11-42(38)21-20-31-12-14-32(22-25(35)39-28(2,3)4)16-18-34(24-27(37)41-30(8,9)10)19-17-33(15-13-31)23-26(36)40-29(5,6)7/h11H,1,12-24H2,2-10H3. The molecule has 0 aromatic rings. The molecule has 1 heterocycles. The summed E-state index contributed by atoms with van der Waals surface area (Å²) in [4.78, 5) is 46.5. The SMILES string of the molecule is C=CS(=O)CCN1CCN(CC(=O)OC(C)(C)C)CCN(CC(=O)OC(C)(C)C)CCN(CC(=O)OC(C)(C)C)CC1. The first-order valence-electron chi connectivity index (χ1n) is 14.8. The molecule has 0 bridgehead atoms. The van der Waals surface area contributed by atoms with Crippen molar-refractivity contribution in [1.29, 1.82) is 0 Å². The van der Waals surface area contributed by atoms with Crippen LogP contribution in [0.5, 0.6) is 0 Å². The zero-order valence-electron chi connectivity index (χ0n) is 27.5. The van der Waals surface area contributed by atoms with E-state index in [4.69, 9.17) is 14.2 Å². The lowest BCUT2D eigenvalue weighted by Crippen LogP contribution is -2.49. The van der Waals surface area contributed by atoms with Crippen molar-refractivity contribution in [1.82, 2.24) is 19.6 Å². The Kier molecular flexibility index (Phi) is 15.8. The third-order valence-electron chi connectivity index (χ3n) is 6.04. The van der Waals surface area contributed by atoms with Gasteiger partial charge in [-0.15, -0.1) is 0 Å². The number of nitrogens with zero attached hydrogens (tertiary/aromatic N) is 4. The molecule has 1 atom stereocenters. The molecule has 0 aromatic heterocycles. The van der Waals surface area contributed by atoms with E-state index in [0.717, 1.165) is 0 Å². The van der Waals surface area contributed by atoms with Crippen LogP contribution in [0.4, 0.5) is 0 Å². The molecule has 0 saturated carbocycles. The fourth-order valence-electron chi connectivity index (χ4n) is 4.25. The van der Waals surface area contributed by atoms with Crippen LogP contribution in [0.1, 0.15) is 62.3 Å². The number of carbonyl (C=O) groups is 3. The fourth-order valence-corrected chi connectivity index (χ4v) is 4.85. The monoisotopic (exact) mass is 616 g/mol. The highest BCUT2D eigenvalue weighted by Gasteiger charge is 2.25. The van der Waals surface area contributed by atoms with E-state index in [1.54, 1.807) is 0 Å². The second-order valence-electron chi connectivity index (χ2n) is 13.7. The highest BCUT2D eigenvalue weighted by molar-refractivity contribution is 7.87. The molecule has 1 aliphatic heterocycles. The van der Waals surface area contributed by atoms with E-state index in [1.807, 2.05) is 77.0 Å². The Hall–Kier alpha value is -1.86. The van der Waals surface area contributed by atoms with Crippen LogP contribution in [0.25, 0.3) is 0 Å². The van der Waals surface area contributed by atoms with Crippen LogP contribution in [0.3, 0.4) is 0 Å². The Labute approximate surface area is 256 Å². The molecule has 42 heavy (non-hydrogen) atoms. The van der Waals surface area contributed by atoms with Gasteiger partial charge in [0, 0.05) is 75.5 Å². The molecule has 1 fully saturated rings. The summed E-state index contributed by atoms with van der Waals surface area (Å²) in [6.45, 7) is 25.6. The lowest BCUT2D eigenvalue weighted by atomic mass is 10.2. The lowest BCUT2D eigenvalue weighted by Gasteiger charge is -2.34. The van der Waals surface area contributed by atoms with E-state index in [0.29, 0.717) is 64.7 Å². The zero-order chi connectivity index (χ0) is 32.1. The molecule has 0 aromatic carbocycles. The average Bonchev–Trinajstić information content (AvgIpc) is 2.79. The quantitative estimate of drug-likeness (QED) is 0.266. The third kappa shape index (κ3) is 19.4. The Morgan fingerprint density at radius 2 is 0.857 bits per heavy atom. The second-order valence-corrected chi connectivity index (χ2v) is 15.2. The normalized spacial score (nSPS) is 18.8. The van der Waals surface area contributed by atoms with E-state index in [2.05, 4.69) is 11.5 Å². The zero-order valence-corrected chi connectivity index (χ0v) is 28.3. The summed E-state index contributed by atoms with van der Waals surface area (Å²) in [6.07, 6.45) is 0. The number of esters is 3. The number of hydrogen-bond donors (Lipinski definition) is 0. The fraction of sp³-hybridized carbons (Fsp3) is 0.833. The molecular weight excluding hydrogens is 560 g/mol. The maximum Gasteiger partial charge on any atom is 0.320 e. The molecule has 12 heteroatoms. The second kappa shape index (κ2) is 17.4. The predicted octanol–water partition coefficient (Wildman–Crippen LogP) is 2.13. The first-order valence-corrected chi connectivity index (χ1v) is 16.2. The minimum Gasteiger partial charge on any atom is -0.459 e. The molecule has 244 valence electrons. The van der Waals surface area contributed by atoms with E-state index in [-0.39, 0.29) is 37.5 Å². The van der Waals surface area contributed by atoms with Crippen LogP contribution < -0.4 is 0 Å². The summed E-state index contributed by atoms with van der Waals surface area (Å²) < 4.78 is 28.9. The van der Waals surface area contributed by atoms with Gasteiger partial charge in [0.15, 0.2) is 0 Å². The Morgan fingerprint density at radius 1 is 0.595 bits per heavy atom. The molecule has 0 spiro atoms. The van der Waals surface area contributed by atoms with Gasteiger partial charge >= 0.3 is 17.9 Å². The van der Waals surface area contributed by atoms with E-state index >= 15 is 0 Å². The van der Waals surface area contributed by atoms with Gasteiger partial charge < -0.3 is 14.2 Å². The highest BCUT2D eigenvalue weighted by Crippen LogP contribution is 2.11. The maximum atomic E-state index is 12.8. The third-order valence-corrected chi connectivity index (χ3v) is 7.00. The van der Waals surface area contributed by atoms with Gasteiger partial charge in [0.2, 0.25) is 0 Å². The Balaban J connectivity index is 3.17. The van der Waals surface area contributed by atoms with Crippen molar-refractivity contribution in [2.45, 2.75) is 79.1 Å². The number of hydrogen-bond acceptors (Lipinski definition) is 11. The maximum absolute atomic E-state index is 12.8. The minimum absolute atomic E-state index is 0.0946. The topological polar surface area (TPSA) is 109 Å². The summed E-state index contributed by atoms with van der Waals surface area (Å²) in [5.74, 6) is -0.494. The number of carbonyl (C=O) groups excluding carboxylic acids is 3. The van der Waals surface area contributed by atoms with E-state index in [9.17, 15) is 18.6 Å². The average molecular weight is 617 g/mol. The van der Waals surface area contributed by atoms with Crippen molar-refractivity contribution < 1.29 is 32.8 Å². The summed E-state index contributed by atoms with van der Waals surface area (Å²) in [6, 6.07) is 0. The molecule has 0 N–H and O–H groups in total. The van der Waals surface area contributed by atoms with Crippen molar-refractivity contribution >= 4 is 28.7 Å². The summed E-state index contributed by atoms with van der Waals surface area (Å²) in [5, 5.41) is 1.44.